The summed E-state index contributed by atoms with van der Waals surface area (Å²) < 4.78 is 0. The molecule has 1 aromatic rings. The van der Waals surface area contributed by atoms with Crippen LogP contribution in [-0.2, 0) is 6.54 Å². The molecule has 2 rings (SSSR count). The third-order valence-corrected chi connectivity index (χ3v) is 3.76. The first-order chi connectivity index (χ1) is 6.74. The summed E-state index contributed by atoms with van der Waals surface area (Å²) in [6.07, 6.45) is 4.06. The average Bonchev–Trinajstić information content (AvgIpc) is 2.72. The van der Waals surface area contributed by atoms with Crippen LogP contribution in [0.3, 0.4) is 0 Å². The molecule has 1 fully saturated rings. The van der Waals surface area contributed by atoms with Crippen molar-refractivity contribution in [2.45, 2.75) is 45.7 Å². The van der Waals surface area contributed by atoms with E-state index in [1.54, 1.807) is 11.3 Å². The van der Waals surface area contributed by atoms with Crippen LogP contribution in [0.1, 0.15) is 36.9 Å². The molecule has 1 aliphatic rings. The van der Waals surface area contributed by atoms with Crippen molar-refractivity contribution in [3.05, 3.63) is 16.1 Å². The van der Waals surface area contributed by atoms with Gasteiger partial charge >= 0.3 is 0 Å². The first kappa shape index (κ1) is 10.1. The third kappa shape index (κ3) is 2.55. The zero-order valence-electron chi connectivity index (χ0n) is 8.92. The molecule has 0 amide bonds. The molecule has 78 valence electrons. The molecular weight excluding hydrogens is 192 g/mol. The molecule has 14 heavy (non-hydrogen) atoms. The van der Waals surface area contributed by atoms with Crippen LogP contribution in [0, 0.1) is 12.8 Å². The Kier molecular flexibility index (Phi) is 3.19. The lowest BCUT2D eigenvalue weighted by Gasteiger charge is -2.10. The number of hydrogen-bond donors (Lipinski definition) is 1. The monoisotopic (exact) mass is 210 g/mol. The summed E-state index contributed by atoms with van der Waals surface area (Å²) in [5.74, 6) is 0.907. The summed E-state index contributed by atoms with van der Waals surface area (Å²) in [6.45, 7) is 5.35. The number of aromatic nitrogens is 1. The van der Waals surface area contributed by atoms with Gasteiger partial charge in [0.15, 0.2) is 0 Å². The van der Waals surface area contributed by atoms with Crippen LogP contribution >= 0.6 is 11.3 Å². The first-order valence-corrected chi connectivity index (χ1v) is 6.26. The largest absolute Gasteiger partial charge is 0.308 e. The molecule has 0 aliphatic heterocycles. The quantitative estimate of drug-likeness (QED) is 0.829. The number of rotatable bonds is 3. The predicted molar refractivity (Wildman–Crippen MR) is 60.5 cm³/mol. The van der Waals surface area contributed by atoms with Crippen LogP contribution in [0.15, 0.2) is 5.38 Å². The maximum atomic E-state index is 4.45. The Morgan fingerprint density at radius 2 is 2.43 bits per heavy atom. The SMILES string of the molecule is Cc1nc(CNC2CCC(C)C2)cs1. The highest BCUT2D eigenvalue weighted by Gasteiger charge is 2.20. The summed E-state index contributed by atoms with van der Waals surface area (Å²) in [5, 5.41) is 6.91. The van der Waals surface area contributed by atoms with Crippen LogP contribution in [0.25, 0.3) is 0 Å². The second kappa shape index (κ2) is 4.41. The number of nitrogens with one attached hydrogen (secondary N) is 1. The van der Waals surface area contributed by atoms with Gasteiger partial charge in [-0.25, -0.2) is 4.98 Å². The van der Waals surface area contributed by atoms with Gasteiger partial charge in [0.05, 0.1) is 10.7 Å². The van der Waals surface area contributed by atoms with E-state index < -0.39 is 0 Å². The van der Waals surface area contributed by atoms with E-state index in [1.807, 2.05) is 0 Å². The molecule has 0 bridgehead atoms. The topological polar surface area (TPSA) is 24.9 Å². The summed E-state index contributed by atoms with van der Waals surface area (Å²) in [7, 11) is 0. The molecule has 0 aromatic carbocycles. The van der Waals surface area contributed by atoms with Gasteiger partial charge in [0, 0.05) is 18.0 Å². The van der Waals surface area contributed by atoms with Gasteiger partial charge in [-0.15, -0.1) is 11.3 Å². The smallest absolute Gasteiger partial charge is 0.0897 e. The van der Waals surface area contributed by atoms with Crippen molar-refractivity contribution >= 4 is 11.3 Å². The Morgan fingerprint density at radius 3 is 3.00 bits per heavy atom. The fourth-order valence-electron chi connectivity index (χ4n) is 2.13. The Balaban J connectivity index is 1.77. The molecule has 0 saturated heterocycles. The van der Waals surface area contributed by atoms with E-state index in [1.165, 1.54) is 30.0 Å². The number of hydrogen-bond acceptors (Lipinski definition) is 3. The maximum Gasteiger partial charge on any atom is 0.0897 e. The standard InChI is InChI=1S/C11H18N2S/c1-8-3-4-10(5-8)12-6-11-7-14-9(2)13-11/h7-8,10,12H,3-6H2,1-2H3. The Morgan fingerprint density at radius 1 is 1.57 bits per heavy atom. The highest BCUT2D eigenvalue weighted by Crippen LogP contribution is 2.24. The molecule has 2 unspecified atom stereocenters. The Bertz CT molecular complexity index is 295. The maximum absolute atomic E-state index is 4.45. The van der Waals surface area contributed by atoms with Crippen LogP contribution in [0.2, 0.25) is 0 Å². The molecule has 1 heterocycles. The zero-order valence-corrected chi connectivity index (χ0v) is 9.73. The lowest BCUT2D eigenvalue weighted by molar-refractivity contribution is 0.499. The van der Waals surface area contributed by atoms with Gasteiger partial charge in [-0.3, -0.25) is 0 Å². The normalized spacial score (nSPS) is 27.0. The second-order valence-electron chi connectivity index (χ2n) is 4.35. The third-order valence-electron chi connectivity index (χ3n) is 2.93. The molecule has 1 aliphatic carbocycles. The minimum Gasteiger partial charge on any atom is -0.308 e. The number of thiazole rings is 1. The lowest BCUT2D eigenvalue weighted by Crippen LogP contribution is -2.25. The van der Waals surface area contributed by atoms with E-state index in [4.69, 9.17) is 0 Å². The molecule has 2 nitrogen and oxygen atoms in total. The summed E-state index contributed by atoms with van der Waals surface area (Å²) in [5.41, 5.74) is 1.20. The van der Waals surface area contributed by atoms with Gasteiger partial charge < -0.3 is 5.32 Å². The minimum atomic E-state index is 0.729. The Labute approximate surface area is 89.8 Å². The van der Waals surface area contributed by atoms with Crippen LogP contribution < -0.4 is 5.32 Å². The van der Waals surface area contributed by atoms with Gasteiger partial charge in [0.1, 0.15) is 0 Å². The van der Waals surface area contributed by atoms with E-state index >= 15 is 0 Å². The predicted octanol–water partition coefficient (Wildman–Crippen LogP) is 2.73. The van der Waals surface area contributed by atoms with Crippen LogP contribution in [0.5, 0.6) is 0 Å². The molecule has 0 radical (unpaired) electrons. The van der Waals surface area contributed by atoms with Crippen LogP contribution in [-0.4, -0.2) is 11.0 Å². The minimum absolute atomic E-state index is 0.729. The zero-order chi connectivity index (χ0) is 9.97. The molecular formula is C11H18N2S. The molecule has 1 N–H and O–H groups in total. The van der Waals surface area contributed by atoms with E-state index in [9.17, 15) is 0 Å². The van der Waals surface area contributed by atoms with E-state index in [0.29, 0.717) is 0 Å². The number of aryl methyl sites for hydroxylation is 1. The molecule has 2 atom stereocenters. The Hall–Kier alpha value is -0.410. The fourth-order valence-corrected chi connectivity index (χ4v) is 2.74. The van der Waals surface area contributed by atoms with Crippen molar-refractivity contribution < 1.29 is 0 Å². The van der Waals surface area contributed by atoms with Crippen LogP contribution in [0.4, 0.5) is 0 Å². The summed E-state index contributed by atoms with van der Waals surface area (Å²) in [4.78, 5) is 4.45. The first-order valence-electron chi connectivity index (χ1n) is 5.38. The van der Waals surface area contributed by atoms with Crippen molar-refractivity contribution in [3.8, 4) is 0 Å². The van der Waals surface area contributed by atoms with Gasteiger partial charge in [-0.1, -0.05) is 6.92 Å². The molecule has 0 spiro atoms. The lowest BCUT2D eigenvalue weighted by atomic mass is 10.1. The summed E-state index contributed by atoms with van der Waals surface area (Å²) >= 11 is 1.74. The van der Waals surface area contributed by atoms with E-state index in [-0.39, 0.29) is 0 Å². The van der Waals surface area contributed by atoms with E-state index in [2.05, 4.69) is 29.5 Å². The van der Waals surface area contributed by atoms with E-state index in [0.717, 1.165) is 18.5 Å². The van der Waals surface area contributed by atoms with Crippen molar-refractivity contribution in [3.63, 3.8) is 0 Å². The van der Waals surface area contributed by atoms with Gasteiger partial charge in [0.2, 0.25) is 0 Å². The van der Waals surface area contributed by atoms with Crippen molar-refractivity contribution in [1.82, 2.24) is 10.3 Å². The molecule has 3 heteroatoms. The summed E-state index contributed by atoms with van der Waals surface area (Å²) in [6, 6.07) is 0.729. The van der Waals surface area contributed by atoms with Crippen molar-refractivity contribution in [1.29, 1.82) is 0 Å². The van der Waals surface area contributed by atoms with Gasteiger partial charge in [0.25, 0.3) is 0 Å². The average molecular weight is 210 g/mol. The highest BCUT2D eigenvalue weighted by atomic mass is 32.1. The second-order valence-corrected chi connectivity index (χ2v) is 5.42. The fraction of sp³-hybridized carbons (Fsp3) is 0.727. The number of nitrogens with zero attached hydrogens (tertiary/aromatic N) is 1. The molecule has 1 aromatic heterocycles. The van der Waals surface area contributed by atoms with Gasteiger partial charge in [-0.05, 0) is 32.1 Å². The van der Waals surface area contributed by atoms with Crippen molar-refractivity contribution in [2.24, 2.45) is 5.92 Å². The molecule has 1 saturated carbocycles. The van der Waals surface area contributed by atoms with Crippen molar-refractivity contribution in [2.75, 3.05) is 0 Å². The van der Waals surface area contributed by atoms with Gasteiger partial charge in [-0.2, -0.15) is 0 Å². The highest BCUT2D eigenvalue weighted by molar-refractivity contribution is 7.09.